The molecule has 0 saturated heterocycles. The highest BCUT2D eigenvalue weighted by molar-refractivity contribution is 7.99. The molecule has 0 aliphatic rings. The van der Waals surface area contributed by atoms with Crippen LogP contribution >= 0.6 is 23.4 Å². The Hall–Kier alpha value is -2.08. The molecule has 1 heterocycles. The first kappa shape index (κ1) is 19.7. The lowest BCUT2D eigenvalue weighted by molar-refractivity contribution is 0.189. The lowest BCUT2D eigenvalue weighted by Crippen LogP contribution is -2.05. The van der Waals surface area contributed by atoms with Gasteiger partial charge in [0.25, 0.3) is 0 Å². The molecule has 0 bridgehead atoms. The second-order valence-corrected chi connectivity index (χ2v) is 7.30. The van der Waals surface area contributed by atoms with Crippen molar-refractivity contribution in [2.75, 3.05) is 19.5 Å². The normalized spacial score (nSPS) is 11.3. The third kappa shape index (κ3) is 5.45. The van der Waals surface area contributed by atoms with Gasteiger partial charge in [0, 0.05) is 31.6 Å². The molecule has 0 spiro atoms. The fraction of sp³-hybridized carbons (Fsp3) is 0.238. The minimum atomic E-state index is 0.679. The van der Waals surface area contributed by atoms with E-state index in [-0.39, 0.29) is 0 Å². The van der Waals surface area contributed by atoms with Crippen molar-refractivity contribution in [3.05, 3.63) is 71.3 Å². The average Bonchev–Trinajstić information content (AvgIpc) is 3.09. The molecule has 3 aromatic rings. The number of aromatic nitrogens is 3. The van der Waals surface area contributed by atoms with Crippen molar-refractivity contribution < 1.29 is 4.74 Å². The Kier molecular flexibility index (Phi) is 7.51. The van der Waals surface area contributed by atoms with Crippen molar-refractivity contribution in [2.24, 2.45) is 0 Å². The summed E-state index contributed by atoms with van der Waals surface area (Å²) in [5, 5.41) is 10.4. The largest absolute Gasteiger partial charge is 0.385 e. The van der Waals surface area contributed by atoms with E-state index in [4.69, 9.17) is 16.3 Å². The molecular weight excluding hydrogens is 378 g/mol. The van der Waals surface area contributed by atoms with Crippen LogP contribution in [0.25, 0.3) is 17.5 Å². The van der Waals surface area contributed by atoms with Gasteiger partial charge in [0.1, 0.15) is 0 Å². The van der Waals surface area contributed by atoms with Crippen LogP contribution < -0.4 is 0 Å². The fourth-order valence-electron chi connectivity index (χ4n) is 2.68. The number of rotatable bonds is 9. The van der Waals surface area contributed by atoms with Crippen LogP contribution in [0.15, 0.2) is 65.8 Å². The second kappa shape index (κ2) is 10.3. The first-order chi connectivity index (χ1) is 13.3. The van der Waals surface area contributed by atoms with Crippen LogP contribution in [-0.4, -0.2) is 34.2 Å². The van der Waals surface area contributed by atoms with E-state index < -0.39 is 0 Å². The highest BCUT2D eigenvalue weighted by atomic mass is 35.5. The van der Waals surface area contributed by atoms with Crippen LogP contribution in [0.3, 0.4) is 0 Å². The van der Waals surface area contributed by atoms with Gasteiger partial charge >= 0.3 is 0 Å². The molecule has 4 nitrogen and oxygen atoms in total. The minimum Gasteiger partial charge on any atom is -0.385 e. The van der Waals surface area contributed by atoms with Gasteiger partial charge in [-0.3, -0.25) is 0 Å². The molecule has 0 unspecified atom stereocenters. The molecule has 0 amide bonds. The molecule has 0 fully saturated rings. The quantitative estimate of drug-likeness (QED) is 0.354. The number of thioether (sulfide) groups is 1. The Morgan fingerprint density at radius 1 is 1.07 bits per heavy atom. The van der Waals surface area contributed by atoms with Crippen LogP contribution in [0.2, 0.25) is 5.02 Å². The first-order valence-electron chi connectivity index (χ1n) is 8.81. The molecule has 0 N–H and O–H groups in total. The van der Waals surface area contributed by atoms with Crippen molar-refractivity contribution in [2.45, 2.75) is 18.1 Å². The lowest BCUT2D eigenvalue weighted by Gasteiger charge is -2.10. The number of benzene rings is 2. The molecule has 27 heavy (non-hydrogen) atoms. The third-order valence-electron chi connectivity index (χ3n) is 3.98. The summed E-state index contributed by atoms with van der Waals surface area (Å²) < 4.78 is 7.32. The van der Waals surface area contributed by atoms with Gasteiger partial charge in [0.15, 0.2) is 11.0 Å². The second-order valence-electron chi connectivity index (χ2n) is 5.91. The van der Waals surface area contributed by atoms with Crippen LogP contribution in [0.1, 0.15) is 12.0 Å². The zero-order valence-corrected chi connectivity index (χ0v) is 16.8. The average molecular weight is 400 g/mol. The Morgan fingerprint density at radius 2 is 1.85 bits per heavy atom. The molecule has 140 valence electrons. The van der Waals surface area contributed by atoms with Gasteiger partial charge in [0.05, 0.1) is 5.02 Å². The summed E-state index contributed by atoms with van der Waals surface area (Å²) in [7, 11) is 1.71. The van der Waals surface area contributed by atoms with Crippen molar-refractivity contribution in [1.82, 2.24) is 14.8 Å². The summed E-state index contributed by atoms with van der Waals surface area (Å²) in [6, 6.07) is 18.0. The van der Waals surface area contributed by atoms with Gasteiger partial charge in [-0.05, 0) is 24.1 Å². The topological polar surface area (TPSA) is 39.9 Å². The minimum absolute atomic E-state index is 0.679. The Balaban J connectivity index is 1.76. The van der Waals surface area contributed by atoms with E-state index in [1.807, 2.05) is 42.5 Å². The Labute approximate surface area is 169 Å². The molecule has 0 atom stereocenters. The number of hydrogen-bond acceptors (Lipinski definition) is 4. The molecular formula is C21H22ClN3OS. The molecule has 3 rings (SSSR count). The zero-order valence-electron chi connectivity index (χ0n) is 15.2. The number of methoxy groups -OCH3 is 1. The van der Waals surface area contributed by atoms with E-state index in [2.05, 4.69) is 39.0 Å². The fourth-order valence-corrected chi connectivity index (χ4v) is 3.67. The predicted molar refractivity (Wildman–Crippen MR) is 113 cm³/mol. The van der Waals surface area contributed by atoms with Crippen molar-refractivity contribution in [3.8, 4) is 11.4 Å². The molecule has 0 aliphatic heterocycles. The van der Waals surface area contributed by atoms with Crippen molar-refractivity contribution in [3.63, 3.8) is 0 Å². The van der Waals surface area contributed by atoms with Gasteiger partial charge in [0.2, 0.25) is 0 Å². The number of halogens is 1. The van der Waals surface area contributed by atoms with Gasteiger partial charge in [-0.15, -0.1) is 10.2 Å². The van der Waals surface area contributed by atoms with Crippen LogP contribution in [-0.2, 0) is 11.3 Å². The number of nitrogens with zero attached hydrogens (tertiary/aromatic N) is 3. The highest BCUT2D eigenvalue weighted by Gasteiger charge is 2.15. The first-order valence-corrected chi connectivity index (χ1v) is 10.2. The Bertz CT molecular complexity index is 880. The predicted octanol–water partition coefficient (Wildman–Crippen LogP) is 5.44. The van der Waals surface area contributed by atoms with Gasteiger partial charge in [-0.1, -0.05) is 78.0 Å². The van der Waals surface area contributed by atoms with E-state index in [1.165, 1.54) is 5.56 Å². The van der Waals surface area contributed by atoms with Crippen LogP contribution in [0.4, 0.5) is 0 Å². The van der Waals surface area contributed by atoms with E-state index in [0.29, 0.717) is 11.6 Å². The lowest BCUT2D eigenvalue weighted by atomic mass is 10.2. The summed E-state index contributed by atoms with van der Waals surface area (Å²) >= 11 is 8.04. The van der Waals surface area contributed by atoms with Crippen LogP contribution in [0.5, 0.6) is 0 Å². The van der Waals surface area contributed by atoms with E-state index in [9.17, 15) is 0 Å². The zero-order chi connectivity index (χ0) is 18.9. The molecule has 2 aromatic carbocycles. The third-order valence-corrected chi connectivity index (χ3v) is 5.23. The standard InChI is InChI=1S/C21H22ClN3OS/c1-26-15-8-14-25-20(18-12-5-6-13-19(18)22)23-24-21(25)27-16-7-11-17-9-3-2-4-10-17/h2-7,9-13H,8,14-16H2,1H3/b11-7+. The summed E-state index contributed by atoms with van der Waals surface area (Å²) in [4.78, 5) is 0. The highest BCUT2D eigenvalue weighted by Crippen LogP contribution is 2.29. The Morgan fingerprint density at radius 3 is 2.63 bits per heavy atom. The summed E-state index contributed by atoms with van der Waals surface area (Å²) in [6.07, 6.45) is 5.15. The number of ether oxygens (including phenoxy) is 1. The van der Waals surface area contributed by atoms with E-state index in [1.54, 1.807) is 18.9 Å². The van der Waals surface area contributed by atoms with Crippen molar-refractivity contribution >= 4 is 29.4 Å². The summed E-state index contributed by atoms with van der Waals surface area (Å²) in [5.41, 5.74) is 2.09. The van der Waals surface area contributed by atoms with Crippen LogP contribution in [0, 0.1) is 0 Å². The van der Waals surface area contributed by atoms with Gasteiger partial charge < -0.3 is 9.30 Å². The summed E-state index contributed by atoms with van der Waals surface area (Å²) in [5.74, 6) is 1.62. The van der Waals surface area contributed by atoms with E-state index >= 15 is 0 Å². The van der Waals surface area contributed by atoms with Gasteiger partial charge in [-0.25, -0.2) is 0 Å². The molecule has 6 heteroatoms. The smallest absolute Gasteiger partial charge is 0.191 e. The molecule has 0 aliphatic carbocycles. The maximum atomic E-state index is 6.37. The molecule has 1 aromatic heterocycles. The molecule has 0 saturated carbocycles. The number of hydrogen-bond donors (Lipinski definition) is 0. The SMILES string of the molecule is COCCCn1c(SC/C=C/c2ccccc2)nnc1-c1ccccc1Cl. The monoisotopic (exact) mass is 399 g/mol. The summed E-state index contributed by atoms with van der Waals surface area (Å²) in [6.45, 7) is 1.48. The van der Waals surface area contributed by atoms with Crippen molar-refractivity contribution in [1.29, 1.82) is 0 Å². The van der Waals surface area contributed by atoms with Gasteiger partial charge in [-0.2, -0.15) is 0 Å². The van der Waals surface area contributed by atoms with E-state index in [0.717, 1.165) is 35.3 Å². The maximum Gasteiger partial charge on any atom is 0.191 e. The maximum absolute atomic E-state index is 6.37. The molecule has 0 radical (unpaired) electrons.